The minimum Gasteiger partial charge on any atom is -0.236 e. The molecule has 2 nitrogen and oxygen atoms in total. The molecule has 0 saturated carbocycles. The van der Waals surface area contributed by atoms with E-state index in [1.807, 2.05) is 12.1 Å². The van der Waals surface area contributed by atoms with Crippen molar-refractivity contribution in [2.45, 2.75) is 4.90 Å². The molecule has 94 valence electrons. The van der Waals surface area contributed by atoms with E-state index >= 15 is 0 Å². The van der Waals surface area contributed by atoms with Crippen LogP contribution in [0.1, 0.15) is 0 Å². The van der Waals surface area contributed by atoms with Gasteiger partial charge in [-0.15, -0.1) is 11.8 Å². The first-order valence-electron chi connectivity index (χ1n) is 5.82. The van der Waals surface area contributed by atoms with E-state index < -0.39 is 0 Å². The van der Waals surface area contributed by atoms with Crippen LogP contribution in [-0.2, 0) is 0 Å². The maximum Gasteiger partial charge on any atom is 0.116 e. The summed E-state index contributed by atoms with van der Waals surface area (Å²) in [6.07, 6.45) is 3.69. The fraction of sp³-hybridized carbons (Fsp3) is 0.0667. The molecule has 1 heterocycles. The van der Waals surface area contributed by atoms with Gasteiger partial charge in [-0.3, -0.25) is 0 Å². The van der Waals surface area contributed by atoms with Crippen molar-refractivity contribution in [3.8, 4) is 11.3 Å². The second-order valence-electron chi connectivity index (χ2n) is 4.11. The summed E-state index contributed by atoms with van der Waals surface area (Å²) in [6, 6.07) is 14.5. The van der Waals surface area contributed by atoms with Crippen LogP contribution in [0.25, 0.3) is 22.2 Å². The van der Waals surface area contributed by atoms with Gasteiger partial charge in [0.1, 0.15) is 6.33 Å². The van der Waals surface area contributed by atoms with E-state index in [1.165, 1.54) is 4.90 Å². The SMILES string of the molecule is CSc1ccc(-c2ncnc3ccc(Br)cc23)cc1. The van der Waals surface area contributed by atoms with Gasteiger partial charge in [-0.25, -0.2) is 9.97 Å². The molecule has 3 rings (SSSR count). The molecule has 0 aliphatic heterocycles. The minimum atomic E-state index is 0.960. The Labute approximate surface area is 124 Å². The highest BCUT2D eigenvalue weighted by molar-refractivity contribution is 9.10. The van der Waals surface area contributed by atoms with Crippen LogP contribution < -0.4 is 0 Å². The average molecular weight is 331 g/mol. The van der Waals surface area contributed by atoms with Crippen molar-refractivity contribution in [3.63, 3.8) is 0 Å². The second-order valence-corrected chi connectivity index (χ2v) is 5.91. The van der Waals surface area contributed by atoms with E-state index in [0.717, 1.165) is 26.6 Å². The topological polar surface area (TPSA) is 25.8 Å². The number of benzene rings is 2. The highest BCUT2D eigenvalue weighted by Gasteiger charge is 2.06. The van der Waals surface area contributed by atoms with E-state index in [1.54, 1.807) is 18.1 Å². The van der Waals surface area contributed by atoms with E-state index in [0.29, 0.717) is 0 Å². The monoisotopic (exact) mass is 330 g/mol. The molecular weight excluding hydrogens is 320 g/mol. The van der Waals surface area contributed by atoms with Crippen molar-refractivity contribution < 1.29 is 0 Å². The molecule has 0 atom stereocenters. The van der Waals surface area contributed by atoms with Gasteiger partial charge in [0.05, 0.1) is 11.2 Å². The van der Waals surface area contributed by atoms with Crippen molar-refractivity contribution in [1.82, 2.24) is 9.97 Å². The molecule has 0 spiro atoms. The maximum atomic E-state index is 4.43. The number of halogens is 1. The van der Waals surface area contributed by atoms with Gasteiger partial charge in [-0.1, -0.05) is 28.1 Å². The van der Waals surface area contributed by atoms with Crippen LogP contribution in [0.2, 0.25) is 0 Å². The molecule has 3 aromatic rings. The number of rotatable bonds is 2. The highest BCUT2D eigenvalue weighted by atomic mass is 79.9. The molecule has 0 fully saturated rings. The van der Waals surface area contributed by atoms with Crippen LogP contribution in [0.15, 0.2) is 58.2 Å². The molecule has 2 aromatic carbocycles. The zero-order valence-electron chi connectivity index (χ0n) is 10.3. The van der Waals surface area contributed by atoms with Crippen LogP contribution in [0.4, 0.5) is 0 Å². The lowest BCUT2D eigenvalue weighted by Gasteiger charge is -2.06. The summed E-state index contributed by atoms with van der Waals surface area (Å²) in [5.41, 5.74) is 3.05. The smallest absolute Gasteiger partial charge is 0.116 e. The number of fused-ring (bicyclic) bond motifs is 1. The number of aromatic nitrogens is 2. The van der Waals surface area contributed by atoms with Gasteiger partial charge in [0.15, 0.2) is 0 Å². The lowest BCUT2D eigenvalue weighted by molar-refractivity contribution is 1.22. The Kier molecular flexibility index (Phi) is 3.53. The van der Waals surface area contributed by atoms with Crippen molar-refractivity contribution in [3.05, 3.63) is 53.3 Å². The van der Waals surface area contributed by atoms with E-state index in [2.05, 4.69) is 62.5 Å². The first-order chi connectivity index (χ1) is 9.28. The molecule has 0 bridgehead atoms. The largest absolute Gasteiger partial charge is 0.236 e. The third-order valence-electron chi connectivity index (χ3n) is 2.96. The summed E-state index contributed by atoms with van der Waals surface area (Å²) in [4.78, 5) is 9.99. The predicted octanol–water partition coefficient (Wildman–Crippen LogP) is 4.78. The fourth-order valence-corrected chi connectivity index (χ4v) is 2.78. The van der Waals surface area contributed by atoms with E-state index in [-0.39, 0.29) is 0 Å². The van der Waals surface area contributed by atoms with Gasteiger partial charge in [0.2, 0.25) is 0 Å². The van der Waals surface area contributed by atoms with Crippen molar-refractivity contribution in [1.29, 1.82) is 0 Å². The molecular formula is C15H11BrN2S. The number of hydrogen-bond donors (Lipinski definition) is 0. The molecule has 0 amide bonds. The molecule has 0 unspecified atom stereocenters. The third-order valence-corrected chi connectivity index (χ3v) is 4.20. The lowest BCUT2D eigenvalue weighted by Crippen LogP contribution is -1.89. The number of nitrogens with zero attached hydrogens (tertiary/aromatic N) is 2. The summed E-state index contributed by atoms with van der Waals surface area (Å²) in [6.45, 7) is 0. The summed E-state index contributed by atoms with van der Waals surface area (Å²) in [5, 5.41) is 1.06. The summed E-state index contributed by atoms with van der Waals surface area (Å²) < 4.78 is 1.04. The molecule has 19 heavy (non-hydrogen) atoms. The Morgan fingerprint density at radius 3 is 2.53 bits per heavy atom. The van der Waals surface area contributed by atoms with Crippen molar-refractivity contribution in [2.75, 3.05) is 6.26 Å². The first-order valence-corrected chi connectivity index (χ1v) is 7.84. The third kappa shape index (κ3) is 2.51. The Morgan fingerprint density at radius 1 is 1.00 bits per heavy atom. The van der Waals surface area contributed by atoms with Crippen LogP contribution in [0.5, 0.6) is 0 Å². The first kappa shape index (κ1) is 12.6. The molecule has 4 heteroatoms. The Hall–Kier alpha value is -1.39. The number of hydrogen-bond acceptors (Lipinski definition) is 3. The Bertz CT molecular complexity index is 726. The molecule has 0 saturated heterocycles. The van der Waals surface area contributed by atoms with Gasteiger partial charge in [-0.2, -0.15) is 0 Å². The molecule has 0 N–H and O–H groups in total. The van der Waals surface area contributed by atoms with E-state index in [9.17, 15) is 0 Å². The lowest BCUT2D eigenvalue weighted by atomic mass is 10.1. The standard InChI is InChI=1S/C15H11BrN2S/c1-19-12-5-2-10(3-6-12)15-13-8-11(16)4-7-14(13)17-9-18-15/h2-9H,1H3. The quantitative estimate of drug-likeness (QED) is 0.632. The van der Waals surface area contributed by atoms with Crippen molar-refractivity contribution >= 4 is 38.6 Å². The Balaban J connectivity index is 2.20. The molecule has 0 radical (unpaired) electrons. The van der Waals surface area contributed by atoms with Gasteiger partial charge < -0.3 is 0 Å². The zero-order chi connectivity index (χ0) is 13.2. The molecule has 0 aliphatic carbocycles. The zero-order valence-corrected chi connectivity index (χ0v) is 12.7. The van der Waals surface area contributed by atoms with Crippen LogP contribution >= 0.6 is 27.7 Å². The predicted molar refractivity (Wildman–Crippen MR) is 84.5 cm³/mol. The van der Waals surface area contributed by atoms with Gasteiger partial charge in [0.25, 0.3) is 0 Å². The van der Waals surface area contributed by atoms with Gasteiger partial charge >= 0.3 is 0 Å². The van der Waals surface area contributed by atoms with Crippen LogP contribution in [0.3, 0.4) is 0 Å². The molecule has 0 aliphatic rings. The summed E-state index contributed by atoms with van der Waals surface area (Å²) >= 11 is 5.24. The number of thioether (sulfide) groups is 1. The maximum absolute atomic E-state index is 4.43. The summed E-state index contributed by atoms with van der Waals surface area (Å²) in [7, 11) is 0. The second kappa shape index (κ2) is 5.31. The van der Waals surface area contributed by atoms with Gasteiger partial charge in [0, 0.05) is 20.3 Å². The normalized spacial score (nSPS) is 10.8. The summed E-state index contributed by atoms with van der Waals surface area (Å²) in [5.74, 6) is 0. The minimum absolute atomic E-state index is 0.960. The molecule has 1 aromatic heterocycles. The van der Waals surface area contributed by atoms with Crippen LogP contribution in [0, 0.1) is 0 Å². The Morgan fingerprint density at radius 2 is 1.79 bits per heavy atom. The van der Waals surface area contributed by atoms with Crippen LogP contribution in [-0.4, -0.2) is 16.2 Å². The average Bonchev–Trinajstić information content (AvgIpc) is 2.47. The fourth-order valence-electron chi connectivity index (χ4n) is 2.01. The van der Waals surface area contributed by atoms with E-state index in [4.69, 9.17) is 0 Å². The van der Waals surface area contributed by atoms with Gasteiger partial charge in [-0.05, 0) is 36.6 Å². The van der Waals surface area contributed by atoms with Crippen molar-refractivity contribution in [2.24, 2.45) is 0 Å². The highest BCUT2D eigenvalue weighted by Crippen LogP contribution is 2.28.